The quantitative estimate of drug-likeness (QED) is 0.895. The van der Waals surface area contributed by atoms with Gasteiger partial charge < -0.3 is 5.11 Å². The highest BCUT2D eigenvalue weighted by Gasteiger charge is 2.30. The summed E-state index contributed by atoms with van der Waals surface area (Å²) >= 11 is 0. The SMILES string of the molecule is O=C(O)C[C@@H]1CCCN(S(=O)(=O)Cc2cccc3cccnc23)C1. The molecule has 7 heteroatoms. The Morgan fingerprint density at radius 1 is 1.29 bits per heavy atom. The summed E-state index contributed by atoms with van der Waals surface area (Å²) in [5, 5.41) is 9.84. The summed E-state index contributed by atoms with van der Waals surface area (Å²) in [6.07, 6.45) is 3.13. The first kappa shape index (κ1) is 16.9. The Kier molecular flexibility index (Phi) is 4.82. The van der Waals surface area contributed by atoms with Crippen LogP contribution in [0.5, 0.6) is 0 Å². The molecule has 0 aliphatic carbocycles. The van der Waals surface area contributed by atoms with Crippen molar-refractivity contribution in [1.29, 1.82) is 0 Å². The Bertz CT molecular complexity index is 845. The number of carboxylic acid groups (broad SMARTS) is 1. The van der Waals surface area contributed by atoms with E-state index >= 15 is 0 Å². The number of sulfonamides is 1. The number of nitrogens with zero attached hydrogens (tertiary/aromatic N) is 2. The molecule has 24 heavy (non-hydrogen) atoms. The summed E-state index contributed by atoms with van der Waals surface area (Å²) in [4.78, 5) is 15.2. The second kappa shape index (κ2) is 6.86. The minimum absolute atomic E-state index is 0.0157. The average molecular weight is 348 g/mol. The zero-order valence-corrected chi connectivity index (χ0v) is 14.1. The molecule has 1 atom stereocenters. The van der Waals surface area contributed by atoms with Crippen molar-refractivity contribution in [2.24, 2.45) is 5.92 Å². The molecule has 128 valence electrons. The molecule has 0 unspecified atom stereocenters. The number of carbonyl (C=O) groups is 1. The first-order chi connectivity index (χ1) is 11.5. The molecule has 1 fully saturated rings. The molecule has 0 saturated carbocycles. The van der Waals surface area contributed by atoms with Crippen LogP contribution in [0.15, 0.2) is 36.5 Å². The fraction of sp³-hybridized carbons (Fsp3) is 0.412. The number of para-hydroxylation sites is 1. The molecule has 6 nitrogen and oxygen atoms in total. The van der Waals surface area contributed by atoms with Crippen LogP contribution in [-0.4, -0.2) is 41.9 Å². The summed E-state index contributed by atoms with van der Waals surface area (Å²) in [7, 11) is -3.50. The van der Waals surface area contributed by atoms with E-state index < -0.39 is 16.0 Å². The van der Waals surface area contributed by atoms with E-state index in [1.54, 1.807) is 12.3 Å². The van der Waals surface area contributed by atoms with E-state index in [0.717, 1.165) is 11.8 Å². The minimum Gasteiger partial charge on any atom is -0.481 e. The maximum Gasteiger partial charge on any atom is 0.303 e. The molecule has 1 aromatic carbocycles. The lowest BCUT2D eigenvalue weighted by molar-refractivity contribution is -0.138. The standard InChI is InChI=1S/C17H20N2O4S/c20-16(21)10-13-4-3-9-19(11-13)24(22,23)12-15-6-1-5-14-7-2-8-18-17(14)15/h1-2,5-8,13H,3-4,9-12H2,(H,20,21)/t13-/m0/s1. The molecule has 1 saturated heterocycles. The molecule has 2 heterocycles. The third kappa shape index (κ3) is 3.73. The smallest absolute Gasteiger partial charge is 0.303 e. The molecule has 1 N–H and O–H groups in total. The molecule has 1 aliphatic rings. The first-order valence-electron chi connectivity index (χ1n) is 7.98. The van der Waals surface area contributed by atoms with Gasteiger partial charge in [0.2, 0.25) is 10.0 Å². The number of fused-ring (bicyclic) bond motifs is 1. The predicted molar refractivity (Wildman–Crippen MR) is 90.9 cm³/mol. The minimum atomic E-state index is -3.50. The Labute approximate surface area is 141 Å². The highest BCUT2D eigenvalue weighted by atomic mass is 32.2. The number of carboxylic acids is 1. The van der Waals surface area contributed by atoms with Crippen molar-refractivity contribution < 1.29 is 18.3 Å². The van der Waals surface area contributed by atoms with Gasteiger partial charge in [0.15, 0.2) is 0 Å². The number of benzene rings is 1. The van der Waals surface area contributed by atoms with Crippen LogP contribution in [0.25, 0.3) is 10.9 Å². The van der Waals surface area contributed by atoms with E-state index in [2.05, 4.69) is 4.98 Å². The lowest BCUT2D eigenvalue weighted by atomic mass is 9.96. The first-order valence-corrected chi connectivity index (χ1v) is 9.59. The van der Waals surface area contributed by atoms with Crippen LogP contribution in [0, 0.1) is 5.92 Å². The number of aromatic nitrogens is 1. The van der Waals surface area contributed by atoms with Crippen LogP contribution < -0.4 is 0 Å². The van der Waals surface area contributed by atoms with Gasteiger partial charge in [-0.2, -0.15) is 0 Å². The van der Waals surface area contributed by atoms with Gasteiger partial charge in [-0.25, -0.2) is 12.7 Å². The van der Waals surface area contributed by atoms with Gasteiger partial charge in [-0.3, -0.25) is 9.78 Å². The van der Waals surface area contributed by atoms with Gasteiger partial charge in [0.25, 0.3) is 0 Å². The molecule has 1 aliphatic heterocycles. The zero-order chi connectivity index (χ0) is 17.2. The van der Waals surface area contributed by atoms with Gasteiger partial charge in [0, 0.05) is 31.1 Å². The molecule has 3 rings (SSSR count). The molecule has 0 bridgehead atoms. The van der Waals surface area contributed by atoms with Crippen LogP contribution in [0.4, 0.5) is 0 Å². The van der Waals surface area contributed by atoms with Crippen LogP contribution in [-0.2, 0) is 20.6 Å². The fourth-order valence-corrected chi connectivity index (χ4v) is 4.92. The summed E-state index contributed by atoms with van der Waals surface area (Å²) in [5.41, 5.74) is 1.37. The third-order valence-electron chi connectivity index (χ3n) is 4.39. The summed E-state index contributed by atoms with van der Waals surface area (Å²) in [6, 6.07) is 9.25. The second-order valence-electron chi connectivity index (χ2n) is 6.21. The van der Waals surface area contributed by atoms with Crippen molar-refractivity contribution in [3.05, 3.63) is 42.1 Å². The van der Waals surface area contributed by atoms with E-state index in [9.17, 15) is 13.2 Å². The molecule has 0 spiro atoms. The monoisotopic (exact) mass is 348 g/mol. The van der Waals surface area contributed by atoms with E-state index in [1.807, 2.05) is 24.3 Å². The summed E-state index contributed by atoms with van der Waals surface area (Å²) in [6.45, 7) is 0.740. The number of aliphatic carboxylic acids is 1. The zero-order valence-electron chi connectivity index (χ0n) is 13.3. The molecular formula is C17H20N2O4S. The normalized spacial score (nSPS) is 19.4. The Balaban J connectivity index is 1.81. The van der Waals surface area contributed by atoms with Crippen molar-refractivity contribution in [3.63, 3.8) is 0 Å². The van der Waals surface area contributed by atoms with Gasteiger partial charge in [0.05, 0.1) is 11.3 Å². The number of hydrogen-bond acceptors (Lipinski definition) is 4. The predicted octanol–water partition coefficient (Wildman–Crippen LogP) is 2.25. The van der Waals surface area contributed by atoms with Gasteiger partial charge in [-0.1, -0.05) is 24.3 Å². The Morgan fingerprint density at radius 3 is 2.88 bits per heavy atom. The van der Waals surface area contributed by atoms with Crippen molar-refractivity contribution in [1.82, 2.24) is 9.29 Å². The van der Waals surface area contributed by atoms with Crippen LogP contribution in [0.3, 0.4) is 0 Å². The van der Waals surface area contributed by atoms with Gasteiger partial charge in [-0.05, 0) is 30.4 Å². The van der Waals surface area contributed by atoms with Crippen molar-refractivity contribution in [3.8, 4) is 0 Å². The lowest BCUT2D eigenvalue weighted by Crippen LogP contribution is -2.41. The molecule has 2 aromatic rings. The number of hydrogen-bond donors (Lipinski definition) is 1. The molecule has 0 radical (unpaired) electrons. The third-order valence-corrected chi connectivity index (χ3v) is 6.19. The van der Waals surface area contributed by atoms with Crippen LogP contribution in [0.2, 0.25) is 0 Å². The molecular weight excluding hydrogens is 328 g/mol. The maximum absolute atomic E-state index is 12.8. The number of pyridine rings is 1. The Morgan fingerprint density at radius 2 is 2.08 bits per heavy atom. The topological polar surface area (TPSA) is 87.6 Å². The Hall–Kier alpha value is -1.99. The van der Waals surface area contributed by atoms with E-state index in [1.165, 1.54) is 4.31 Å². The molecule has 1 aromatic heterocycles. The van der Waals surface area contributed by atoms with E-state index in [-0.39, 0.29) is 24.6 Å². The number of piperidine rings is 1. The largest absolute Gasteiger partial charge is 0.481 e. The van der Waals surface area contributed by atoms with Gasteiger partial charge in [-0.15, -0.1) is 0 Å². The van der Waals surface area contributed by atoms with Crippen molar-refractivity contribution >= 4 is 26.9 Å². The van der Waals surface area contributed by atoms with Crippen molar-refractivity contribution in [2.75, 3.05) is 13.1 Å². The highest BCUT2D eigenvalue weighted by Crippen LogP contribution is 2.25. The number of rotatable bonds is 5. The van der Waals surface area contributed by atoms with Crippen LogP contribution in [0.1, 0.15) is 24.8 Å². The van der Waals surface area contributed by atoms with E-state index in [0.29, 0.717) is 24.0 Å². The van der Waals surface area contributed by atoms with Gasteiger partial charge in [0.1, 0.15) is 0 Å². The molecule has 0 amide bonds. The highest BCUT2D eigenvalue weighted by molar-refractivity contribution is 7.88. The summed E-state index contributed by atoms with van der Waals surface area (Å²) < 4.78 is 27.0. The second-order valence-corrected chi connectivity index (χ2v) is 8.18. The maximum atomic E-state index is 12.8. The van der Waals surface area contributed by atoms with Crippen LogP contribution >= 0.6 is 0 Å². The summed E-state index contributed by atoms with van der Waals surface area (Å²) in [5.74, 6) is -1.10. The van der Waals surface area contributed by atoms with Gasteiger partial charge >= 0.3 is 5.97 Å². The van der Waals surface area contributed by atoms with E-state index in [4.69, 9.17) is 5.11 Å². The lowest BCUT2D eigenvalue weighted by Gasteiger charge is -2.31. The fourth-order valence-electron chi connectivity index (χ4n) is 3.26. The average Bonchev–Trinajstić information content (AvgIpc) is 2.55. The van der Waals surface area contributed by atoms with Crippen molar-refractivity contribution in [2.45, 2.75) is 25.0 Å².